The van der Waals surface area contributed by atoms with Gasteiger partial charge in [0.15, 0.2) is 0 Å². The fraction of sp³-hybridized carbons (Fsp3) is 0.524. The van der Waals surface area contributed by atoms with Gasteiger partial charge in [-0.05, 0) is 44.5 Å². The summed E-state index contributed by atoms with van der Waals surface area (Å²) in [6.45, 7) is 0. The second-order valence-electron chi connectivity index (χ2n) is 8.03. The molecule has 154 valence electrons. The molecule has 3 atom stereocenters. The molecule has 0 radical (unpaired) electrons. The number of anilines is 1. The minimum absolute atomic E-state index is 0.116. The standard InChI is InChI=1S/C21H26N4O4/c1-22-15-5-3-4-6-16(15)24(2)12-7-8-13-14(11-12)21(29)25(20(13)28)17-9-10-18(26)23-19(17)27/h7-8,11,15-17,22H,3-6,9-10H2,1-2H3,(H,23,26,27)/t15-,16-,17?/m1/s1. The van der Waals surface area contributed by atoms with Crippen molar-refractivity contribution in [2.24, 2.45) is 0 Å². The highest BCUT2D eigenvalue weighted by atomic mass is 16.2. The Morgan fingerprint density at radius 2 is 1.76 bits per heavy atom. The molecule has 1 saturated carbocycles. The van der Waals surface area contributed by atoms with Gasteiger partial charge in [-0.3, -0.25) is 29.4 Å². The van der Waals surface area contributed by atoms with E-state index in [4.69, 9.17) is 0 Å². The number of likely N-dealkylation sites (N-methyl/N-ethyl adjacent to an activating group) is 2. The van der Waals surface area contributed by atoms with Crippen LogP contribution in [0.25, 0.3) is 0 Å². The predicted molar refractivity (Wildman–Crippen MR) is 107 cm³/mol. The Labute approximate surface area is 169 Å². The van der Waals surface area contributed by atoms with E-state index >= 15 is 0 Å². The van der Waals surface area contributed by atoms with E-state index in [1.807, 2.05) is 20.2 Å². The lowest BCUT2D eigenvalue weighted by Crippen LogP contribution is -2.54. The zero-order chi connectivity index (χ0) is 20.7. The molecule has 0 aromatic heterocycles. The van der Waals surface area contributed by atoms with Crippen molar-refractivity contribution in [3.63, 3.8) is 0 Å². The molecule has 0 bridgehead atoms. The van der Waals surface area contributed by atoms with Crippen LogP contribution in [0, 0.1) is 0 Å². The van der Waals surface area contributed by atoms with Gasteiger partial charge in [-0.15, -0.1) is 0 Å². The van der Waals surface area contributed by atoms with Crippen LogP contribution in [0.3, 0.4) is 0 Å². The molecule has 1 aromatic carbocycles. The topological polar surface area (TPSA) is 98.8 Å². The van der Waals surface area contributed by atoms with Crippen LogP contribution in [0.5, 0.6) is 0 Å². The number of amides is 4. The molecule has 2 aliphatic heterocycles. The Morgan fingerprint density at radius 1 is 1.03 bits per heavy atom. The van der Waals surface area contributed by atoms with Crippen molar-refractivity contribution >= 4 is 29.3 Å². The predicted octanol–water partition coefficient (Wildman–Crippen LogP) is 1.05. The average Bonchev–Trinajstić information content (AvgIpc) is 2.97. The van der Waals surface area contributed by atoms with Gasteiger partial charge in [-0.2, -0.15) is 0 Å². The summed E-state index contributed by atoms with van der Waals surface area (Å²) in [5, 5.41) is 5.61. The minimum Gasteiger partial charge on any atom is -0.370 e. The molecule has 1 aromatic rings. The molecule has 8 nitrogen and oxygen atoms in total. The van der Waals surface area contributed by atoms with E-state index in [0.29, 0.717) is 23.2 Å². The third kappa shape index (κ3) is 3.31. The van der Waals surface area contributed by atoms with Crippen LogP contribution in [-0.4, -0.2) is 60.7 Å². The maximum atomic E-state index is 13.0. The van der Waals surface area contributed by atoms with Crippen LogP contribution in [0.4, 0.5) is 5.69 Å². The van der Waals surface area contributed by atoms with Crippen molar-refractivity contribution in [1.82, 2.24) is 15.5 Å². The number of hydrogen-bond donors (Lipinski definition) is 2. The fourth-order valence-electron chi connectivity index (χ4n) is 4.78. The highest BCUT2D eigenvalue weighted by molar-refractivity contribution is 6.23. The summed E-state index contributed by atoms with van der Waals surface area (Å²) in [6, 6.07) is 5.03. The number of nitrogens with one attached hydrogen (secondary N) is 2. The number of nitrogens with zero attached hydrogens (tertiary/aromatic N) is 2. The number of benzene rings is 1. The van der Waals surface area contributed by atoms with Gasteiger partial charge in [0, 0.05) is 31.2 Å². The second-order valence-corrected chi connectivity index (χ2v) is 8.03. The van der Waals surface area contributed by atoms with Gasteiger partial charge in [-0.25, -0.2) is 0 Å². The summed E-state index contributed by atoms with van der Waals surface area (Å²) in [6.07, 6.45) is 4.82. The summed E-state index contributed by atoms with van der Waals surface area (Å²) < 4.78 is 0. The Morgan fingerprint density at radius 3 is 2.48 bits per heavy atom. The lowest BCUT2D eigenvalue weighted by atomic mass is 9.89. The van der Waals surface area contributed by atoms with Gasteiger partial charge in [0.1, 0.15) is 6.04 Å². The largest absolute Gasteiger partial charge is 0.370 e. The van der Waals surface area contributed by atoms with Gasteiger partial charge in [0.2, 0.25) is 11.8 Å². The first-order valence-corrected chi connectivity index (χ1v) is 10.2. The van der Waals surface area contributed by atoms with Gasteiger partial charge < -0.3 is 10.2 Å². The van der Waals surface area contributed by atoms with Crippen LogP contribution in [0.2, 0.25) is 0 Å². The molecule has 4 rings (SSSR count). The van der Waals surface area contributed by atoms with E-state index in [1.165, 1.54) is 12.8 Å². The third-order valence-electron chi connectivity index (χ3n) is 6.43. The molecule has 4 amide bonds. The Hall–Kier alpha value is -2.74. The molecule has 2 heterocycles. The van der Waals surface area contributed by atoms with Crippen molar-refractivity contribution < 1.29 is 19.2 Å². The molecule has 2 fully saturated rings. The molecule has 3 aliphatic rings. The number of hydrogen-bond acceptors (Lipinski definition) is 6. The number of piperidine rings is 1. The summed E-state index contributed by atoms with van der Waals surface area (Å²) in [5.74, 6) is -1.91. The number of carbonyl (C=O) groups excluding carboxylic acids is 4. The molecule has 2 N–H and O–H groups in total. The lowest BCUT2D eigenvalue weighted by molar-refractivity contribution is -0.136. The minimum atomic E-state index is -0.937. The van der Waals surface area contributed by atoms with Crippen LogP contribution in [0.1, 0.15) is 59.2 Å². The zero-order valence-electron chi connectivity index (χ0n) is 16.7. The van der Waals surface area contributed by atoms with E-state index in [2.05, 4.69) is 15.5 Å². The first-order valence-electron chi connectivity index (χ1n) is 10.2. The molecule has 1 aliphatic carbocycles. The summed E-state index contributed by atoms with van der Waals surface area (Å²) >= 11 is 0. The van der Waals surface area contributed by atoms with Gasteiger partial charge >= 0.3 is 0 Å². The maximum Gasteiger partial charge on any atom is 0.262 e. The average molecular weight is 398 g/mol. The fourth-order valence-corrected chi connectivity index (χ4v) is 4.78. The highest BCUT2D eigenvalue weighted by Crippen LogP contribution is 2.32. The summed E-state index contributed by atoms with van der Waals surface area (Å²) in [7, 11) is 3.99. The first kappa shape index (κ1) is 19.6. The molecule has 1 saturated heterocycles. The highest BCUT2D eigenvalue weighted by Gasteiger charge is 2.44. The number of carbonyl (C=O) groups is 4. The van der Waals surface area contributed by atoms with Crippen LogP contribution in [-0.2, 0) is 9.59 Å². The summed E-state index contributed by atoms with van der Waals surface area (Å²) in [4.78, 5) is 52.6. The molecular weight excluding hydrogens is 372 g/mol. The van der Waals surface area contributed by atoms with E-state index in [-0.39, 0.29) is 18.7 Å². The maximum absolute atomic E-state index is 13.0. The Bertz CT molecular complexity index is 883. The molecule has 1 unspecified atom stereocenters. The van der Waals surface area contributed by atoms with Gasteiger partial charge in [-0.1, -0.05) is 12.8 Å². The van der Waals surface area contributed by atoms with Crippen molar-refractivity contribution in [2.45, 2.75) is 56.7 Å². The third-order valence-corrected chi connectivity index (χ3v) is 6.43. The van der Waals surface area contributed by atoms with E-state index in [9.17, 15) is 19.2 Å². The SMILES string of the molecule is CN[C@@H]1CCCC[C@H]1N(C)c1ccc2c(c1)C(=O)N(C1CCC(=O)NC1=O)C2=O. The second kappa shape index (κ2) is 7.59. The smallest absolute Gasteiger partial charge is 0.262 e. The van der Waals surface area contributed by atoms with Crippen molar-refractivity contribution in [2.75, 3.05) is 19.0 Å². The first-order chi connectivity index (χ1) is 13.9. The molecule has 29 heavy (non-hydrogen) atoms. The van der Waals surface area contributed by atoms with E-state index in [1.54, 1.807) is 12.1 Å². The molecule has 0 spiro atoms. The number of rotatable bonds is 4. The quantitative estimate of drug-likeness (QED) is 0.736. The van der Waals surface area contributed by atoms with Crippen molar-refractivity contribution in [1.29, 1.82) is 0 Å². The van der Waals surface area contributed by atoms with E-state index < -0.39 is 23.8 Å². The zero-order valence-corrected chi connectivity index (χ0v) is 16.7. The van der Waals surface area contributed by atoms with Crippen LogP contribution >= 0.6 is 0 Å². The van der Waals surface area contributed by atoms with Gasteiger partial charge in [0.25, 0.3) is 11.8 Å². The van der Waals surface area contributed by atoms with Gasteiger partial charge in [0.05, 0.1) is 11.1 Å². The van der Waals surface area contributed by atoms with E-state index in [0.717, 1.165) is 23.4 Å². The number of imide groups is 2. The molecule has 8 heteroatoms. The number of fused-ring (bicyclic) bond motifs is 1. The van der Waals surface area contributed by atoms with Crippen molar-refractivity contribution in [3.8, 4) is 0 Å². The lowest BCUT2D eigenvalue weighted by Gasteiger charge is -2.39. The Kier molecular flexibility index (Phi) is 5.12. The molecular formula is C21H26N4O4. The monoisotopic (exact) mass is 398 g/mol. The summed E-state index contributed by atoms with van der Waals surface area (Å²) in [5.41, 5.74) is 1.51. The normalized spacial score (nSPS) is 27.1. The van der Waals surface area contributed by atoms with Crippen LogP contribution in [0.15, 0.2) is 18.2 Å². The van der Waals surface area contributed by atoms with Crippen molar-refractivity contribution in [3.05, 3.63) is 29.3 Å². The van der Waals surface area contributed by atoms with Crippen LogP contribution < -0.4 is 15.5 Å². The Balaban J connectivity index is 1.60.